The number of carbonyl (C=O) groups is 1. The second-order valence-electron chi connectivity index (χ2n) is 7.65. The molecular formula is C23H29N3O3. The molecule has 4 rings (SSSR count). The molecule has 2 aromatic carbocycles. The Morgan fingerprint density at radius 1 is 1.10 bits per heavy atom. The Hall–Kier alpha value is -2.57. The van der Waals surface area contributed by atoms with Crippen LogP contribution in [-0.4, -0.2) is 57.3 Å². The summed E-state index contributed by atoms with van der Waals surface area (Å²) >= 11 is 0. The van der Waals surface area contributed by atoms with Crippen LogP contribution >= 0.6 is 0 Å². The number of amides is 1. The van der Waals surface area contributed by atoms with Crippen LogP contribution in [0.3, 0.4) is 0 Å². The first-order valence-electron chi connectivity index (χ1n) is 10.3. The van der Waals surface area contributed by atoms with Crippen molar-refractivity contribution in [3.05, 3.63) is 53.6 Å². The number of anilines is 2. The van der Waals surface area contributed by atoms with E-state index in [1.165, 1.54) is 11.1 Å². The number of carbonyl (C=O) groups excluding carboxylic acids is 1. The smallest absolute Gasteiger partial charge is 0.243 e. The van der Waals surface area contributed by atoms with Crippen LogP contribution in [0.4, 0.5) is 11.4 Å². The van der Waals surface area contributed by atoms with Gasteiger partial charge in [0.05, 0.1) is 26.9 Å². The first-order valence-corrected chi connectivity index (χ1v) is 10.3. The molecule has 2 heterocycles. The van der Waals surface area contributed by atoms with Crippen LogP contribution in [0.2, 0.25) is 0 Å². The number of benzene rings is 2. The minimum atomic E-state index is 0.00889. The van der Waals surface area contributed by atoms with Crippen molar-refractivity contribution in [3.63, 3.8) is 0 Å². The molecule has 1 fully saturated rings. The van der Waals surface area contributed by atoms with E-state index in [1.54, 1.807) is 7.11 Å². The normalized spacial score (nSPS) is 16.9. The highest BCUT2D eigenvalue weighted by Gasteiger charge is 2.20. The highest BCUT2D eigenvalue weighted by Crippen LogP contribution is 2.30. The maximum atomic E-state index is 12.6. The van der Waals surface area contributed by atoms with Gasteiger partial charge < -0.3 is 19.7 Å². The van der Waals surface area contributed by atoms with E-state index in [2.05, 4.69) is 39.4 Å². The van der Waals surface area contributed by atoms with Crippen molar-refractivity contribution in [3.8, 4) is 5.75 Å². The number of ether oxygens (including phenoxy) is 2. The molecule has 1 N–H and O–H groups in total. The monoisotopic (exact) mass is 395 g/mol. The molecule has 1 amide bonds. The van der Waals surface area contributed by atoms with E-state index >= 15 is 0 Å². The predicted octanol–water partition coefficient (Wildman–Crippen LogP) is 2.92. The fourth-order valence-corrected chi connectivity index (χ4v) is 4.03. The number of morpholine rings is 1. The number of rotatable bonds is 6. The lowest BCUT2D eigenvalue weighted by Gasteiger charge is -2.31. The van der Waals surface area contributed by atoms with Gasteiger partial charge in [-0.1, -0.05) is 12.1 Å². The van der Waals surface area contributed by atoms with E-state index in [0.29, 0.717) is 6.54 Å². The van der Waals surface area contributed by atoms with Gasteiger partial charge in [-0.2, -0.15) is 0 Å². The molecule has 2 aromatic rings. The second-order valence-corrected chi connectivity index (χ2v) is 7.65. The summed E-state index contributed by atoms with van der Waals surface area (Å²) in [6.45, 7) is 5.73. The lowest BCUT2D eigenvalue weighted by molar-refractivity contribution is -0.115. The maximum absolute atomic E-state index is 12.6. The topological polar surface area (TPSA) is 54.0 Å². The number of methoxy groups -OCH3 is 1. The average molecular weight is 396 g/mol. The number of hydrogen-bond acceptors (Lipinski definition) is 5. The van der Waals surface area contributed by atoms with Gasteiger partial charge in [0.25, 0.3) is 0 Å². The van der Waals surface area contributed by atoms with Gasteiger partial charge in [-0.05, 0) is 54.3 Å². The third kappa shape index (κ3) is 5.08. The molecular weight excluding hydrogens is 366 g/mol. The van der Waals surface area contributed by atoms with Crippen molar-refractivity contribution in [1.82, 2.24) is 4.90 Å². The van der Waals surface area contributed by atoms with Gasteiger partial charge in [0.2, 0.25) is 5.91 Å². The van der Waals surface area contributed by atoms with Gasteiger partial charge in [0.1, 0.15) is 5.75 Å². The summed E-state index contributed by atoms with van der Waals surface area (Å²) in [4.78, 5) is 17.2. The van der Waals surface area contributed by atoms with E-state index < -0.39 is 0 Å². The van der Waals surface area contributed by atoms with Crippen LogP contribution in [0.5, 0.6) is 5.75 Å². The summed E-state index contributed by atoms with van der Waals surface area (Å²) in [7, 11) is 1.68. The maximum Gasteiger partial charge on any atom is 0.243 e. The van der Waals surface area contributed by atoms with Crippen molar-refractivity contribution in [2.45, 2.75) is 19.4 Å². The van der Waals surface area contributed by atoms with E-state index in [9.17, 15) is 4.79 Å². The van der Waals surface area contributed by atoms with Crippen LogP contribution < -0.4 is 15.0 Å². The zero-order valence-corrected chi connectivity index (χ0v) is 17.0. The third-order valence-electron chi connectivity index (χ3n) is 5.58. The molecule has 0 spiro atoms. The first-order chi connectivity index (χ1) is 14.2. The Labute approximate surface area is 172 Å². The van der Waals surface area contributed by atoms with Crippen LogP contribution in [0.1, 0.15) is 17.5 Å². The van der Waals surface area contributed by atoms with Gasteiger partial charge >= 0.3 is 0 Å². The number of aryl methyl sites for hydroxylation is 1. The Bertz CT molecular complexity index is 832. The largest absolute Gasteiger partial charge is 0.497 e. The second kappa shape index (κ2) is 9.29. The molecule has 0 atom stereocenters. The molecule has 2 aliphatic rings. The summed E-state index contributed by atoms with van der Waals surface area (Å²) in [6.07, 6.45) is 2.07. The van der Waals surface area contributed by atoms with Crippen LogP contribution in [0.25, 0.3) is 0 Å². The van der Waals surface area contributed by atoms with Crippen molar-refractivity contribution in [2.75, 3.05) is 56.7 Å². The lowest BCUT2D eigenvalue weighted by Crippen LogP contribution is -2.36. The fraction of sp³-hybridized carbons (Fsp3) is 0.435. The van der Waals surface area contributed by atoms with Crippen LogP contribution in [0, 0.1) is 0 Å². The number of nitrogens with zero attached hydrogens (tertiary/aromatic N) is 2. The van der Waals surface area contributed by atoms with Crippen molar-refractivity contribution in [1.29, 1.82) is 0 Å². The zero-order valence-electron chi connectivity index (χ0n) is 17.0. The number of hydrogen-bond donors (Lipinski definition) is 1. The third-order valence-corrected chi connectivity index (χ3v) is 5.58. The Balaban J connectivity index is 1.33. The molecule has 0 radical (unpaired) electrons. The van der Waals surface area contributed by atoms with E-state index in [-0.39, 0.29) is 5.91 Å². The molecule has 29 heavy (non-hydrogen) atoms. The van der Waals surface area contributed by atoms with E-state index in [0.717, 1.165) is 69.4 Å². The summed E-state index contributed by atoms with van der Waals surface area (Å²) in [5, 5.41) is 3.03. The first kappa shape index (κ1) is 19.7. The zero-order chi connectivity index (χ0) is 20.1. The average Bonchev–Trinajstić information content (AvgIpc) is 2.75. The molecule has 0 aromatic heterocycles. The van der Waals surface area contributed by atoms with Crippen LogP contribution in [-0.2, 0) is 22.5 Å². The number of fused-ring (bicyclic) bond motifs is 1. The SMILES string of the molecule is COc1ccc2c(c1)CCCN2CC(=O)Nc1ccc(CN2CCOCC2)cc1. The van der Waals surface area contributed by atoms with Gasteiger partial charge in [0.15, 0.2) is 0 Å². The van der Waals surface area contributed by atoms with Gasteiger partial charge in [0, 0.05) is 37.6 Å². The summed E-state index contributed by atoms with van der Waals surface area (Å²) in [6, 6.07) is 14.3. The van der Waals surface area contributed by atoms with E-state index in [4.69, 9.17) is 9.47 Å². The highest BCUT2D eigenvalue weighted by atomic mass is 16.5. The van der Waals surface area contributed by atoms with Crippen molar-refractivity contribution >= 4 is 17.3 Å². The molecule has 1 saturated heterocycles. The van der Waals surface area contributed by atoms with Crippen LogP contribution in [0.15, 0.2) is 42.5 Å². The summed E-state index contributed by atoms with van der Waals surface area (Å²) in [5.74, 6) is 0.877. The molecule has 6 nitrogen and oxygen atoms in total. The van der Waals surface area contributed by atoms with E-state index in [1.807, 2.05) is 18.2 Å². The standard InChI is InChI=1S/C23H29N3O3/c1-28-21-8-9-22-19(15-21)3-2-10-26(22)17-23(27)24-20-6-4-18(5-7-20)16-25-11-13-29-14-12-25/h4-9,15H,2-3,10-14,16-17H2,1H3,(H,24,27). The Kier molecular flexibility index (Phi) is 6.32. The summed E-state index contributed by atoms with van der Waals surface area (Å²) < 4.78 is 10.7. The molecule has 0 aliphatic carbocycles. The van der Waals surface area contributed by atoms with Gasteiger partial charge in [-0.15, -0.1) is 0 Å². The Morgan fingerprint density at radius 2 is 1.90 bits per heavy atom. The molecule has 0 unspecified atom stereocenters. The highest BCUT2D eigenvalue weighted by molar-refractivity contribution is 5.94. The number of nitrogens with one attached hydrogen (secondary N) is 1. The van der Waals surface area contributed by atoms with Gasteiger partial charge in [-0.3, -0.25) is 9.69 Å². The minimum Gasteiger partial charge on any atom is -0.497 e. The molecule has 154 valence electrons. The minimum absolute atomic E-state index is 0.00889. The lowest BCUT2D eigenvalue weighted by atomic mass is 10.0. The Morgan fingerprint density at radius 3 is 2.66 bits per heavy atom. The fourth-order valence-electron chi connectivity index (χ4n) is 4.03. The predicted molar refractivity (Wildman–Crippen MR) is 115 cm³/mol. The molecule has 6 heteroatoms. The van der Waals surface area contributed by atoms with Crippen molar-refractivity contribution in [2.24, 2.45) is 0 Å². The quantitative estimate of drug-likeness (QED) is 0.815. The van der Waals surface area contributed by atoms with Gasteiger partial charge in [-0.25, -0.2) is 0 Å². The molecule has 2 aliphatic heterocycles. The van der Waals surface area contributed by atoms with Crippen molar-refractivity contribution < 1.29 is 14.3 Å². The summed E-state index contributed by atoms with van der Waals surface area (Å²) in [5.41, 5.74) is 4.47. The molecule has 0 bridgehead atoms. The molecule has 0 saturated carbocycles.